The number of carbonyl (C=O) groups is 1. The fourth-order valence-corrected chi connectivity index (χ4v) is 1.76. The molecule has 1 atom stereocenters. The third-order valence-electron chi connectivity index (χ3n) is 2.16. The van der Waals surface area contributed by atoms with Crippen LogP contribution in [-0.2, 0) is 4.79 Å². The van der Waals surface area contributed by atoms with E-state index >= 15 is 0 Å². The number of aromatic nitrogens is 1. The molecule has 5 heteroatoms. The lowest BCUT2D eigenvalue weighted by atomic mass is 10.2. The number of carbonyl (C=O) groups excluding carboxylic acids is 1. The van der Waals surface area contributed by atoms with Gasteiger partial charge in [0.1, 0.15) is 0 Å². The van der Waals surface area contributed by atoms with Crippen LogP contribution in [0.25, 0.3) is 6.08 Å². The highest BCUT2D eigenvalue weighted by atomic mass is 79.9. The zero-order valence-electron chi connectivity index (χ0n) is 9.79. The third kappa shape index (κ3) is 4.56. The first-order valence-corrected chi connectivity index (χ1v) is 6.10. The Bertz CT molecular complexity index is 480. The summed E-state index contributed by atoms with van der Waals surface area (Å²) in [5.41, 5.74) is 0.543. The summed E-state index contributed by atoms with van der Waals surface area (Å²) < 4.78 is 0.509. The van der Waals surface area contributed by atoms with Gasteiger partial charge in [-0.2, -0.15) is 0 Å². The highest BCUT2D eigenvalue weighted by Crippen LogP contribution is 2.04. The largest absolute Gasteiger partial charge is 0.366 e. The van der Waals surface area contributed by atoms with Gasteiger partial charge in [-0.25, -0.2) is 0 Å². The van der Waals surface area contributed by atoms with Crippen molar-refractivity contribution in [3.05, 3.63) is 38.7 Å². The lowest BCUT2D eigenvalue weighted by Crippen LogP contribution is -2.29. The van der Waals surface area contributed by atoms with Crippen LogP contribution in [0.2, 0.25) is 0 Å². The van der Waals surface area contributed by atoms with E-state index in [9.17, 15) is 9.59 Å². The van der Waals surface area contributed by atoms with E-state index in [1.807, 2.05) is 13.0 Å². The lowest BCUT2D eigenvalue weighted by molar-refractivity contribution is -0.119. The van der Waals surface area contributed by atoms with Crippen molar-refractivity contribution in [2.24, 2.45) is 0 Å². The van der Waals surface area contributed by atoms with Gasteiger partial charge < -0.3 is 10.3 Å². The molecule has 0 bridgehead atoms. The maximum Gasteiger partial charge on any atom is 0.217 e. The van der Waals surface area contributed by atoms with Crippen molar-refractivity contribution in [3.8, 4) is 0 Å². The molecule has 0 fully saturated rings. The molecular formula is C12H15BrN2O2. The van der Waals surface area contributed by atoms with Crippen molar-refractivity contribution >= 4 is 27.9 Å². The standard InChI is InChI=1S/C12H15BrN2O2/c1-8(15-9(2)16)4-3-5-10-6-14-7-11(13)12(10)17/h3,5-8H,4H2,1-2H3,(H,14,17)(H,15,16)/b5-3+. The van der Waals surface area contributed by atoms with E-state index in [0.29, 0.717) is 16.5 Å². The van der Waals surface area contributed by atoms with Gasteiger partial charge in [0.2, 0.25) is 11.3 Å². The van der Waals surface area contributed by atoms with Gasteiger partial charge in [0.15, 0.2) is 0 Å². The number of hydrogen-bond donors (Lipinski definition) is 2. The molecule has 0 aliphatic rings. The Morgan fingerprint density at radius 1 is 1.59 bits per heavy atom. The Morgan fingerprint density at radius 2 is 2.29 bits per heavy atom. The summed E-state index contributed by atoms with van der Waals surface area (Å²) >= 11 is 3.16. The van der Waals surface area contributed by atoms with Crippen molar-refractivity contribution in [3.63, 3.8) is 0 Å². The van der Waals surface area contributed by atoms with E-state index < -0.39 is 0 Å². The van der Waals surface area contributed by atoms with Gasteiger partial charge in [-0.05, 0) is 29.3 Å². The molecule has 1 amide bonds. The Labute approximate surface area is 108 Å². The quantitative estimate of drug-likeness (QED) is 0.894. The fraction of sp³-hybridized carbons (Fsp3) is 0.333. The summed E-state index contributed by atoms with van der Waals surface area (Å²) in [5, 5.41) is 2.77. The molecule has 1 aromatic rings. The van der Waals surface area contributed by atoms with E-state index in [1.165, 1.54) is 6.92 Å². The van der Waals surface area contributed by atoms with Crippen LogP contribution in [-0.4, -0.2) is 16.9 Å². The molecule has 0 aliphatic carbocycles. The molecule has 0 aromatic carbocycles. The molecule has 0 spiro atoms. The summed E-state index contributed by atoms with van der Waals surface area (Å²) in [6, 6.07) is 0.0648. The number of pyridine rings is 1. The maximum absolute atomic E-state index is 11.6. The average molecular weight is 299 g/mol. The van der Waals surface area contributed by atoms with Gasteiger partial charge in [0.25, 0.3) is 0 Å². The Morgan fingerprint density at radius 3 is 2.94 bits per heavy atom. The molecule has 17 heavy (non-hydrogen) atoms. The summed E-state index contributed by atoms with van der Waals surface area (Å²) in [7, 11) is 0. The highest BCUT2D eigenvalue weighted by molar-refractivity contribution is 9.10. The SMILES string of the molecule is CC(=O)NC(C)C/C=C/c1c[nH]cc(Br)c1=O. The van der Waals surface area contributed by atoms with Gasteiger partial charge in [0, 0.05) is 30.9 Å². The number of rotatable bonds is 4. The summed E-state index contributed by atoms with van der Waals surface area (Å²) in [6.07, 6.45) is 7.55. The van der Waals surface area contributed by atoms with Crippen LogP contribution < -0.4 is 10.7 Å². The van der Waals surface area contributed by atoms with Gasteiger partial charge in [-0.15, -0.1) is 0 Å². The third-order valence-corrected chi connectivity index (χ3v) is 2.75. The minimum atomic E-state index is -0.0498. The molecule has 92 valence electrons. The van der Waals surface area contributed by atoms with Crippen molar-refractivity contribution < 1.29 is 4.79 Å². The molecule has 0 saturated carbocycles. The molecule has 4 nitrogen and oxygen atoms in total. The number of aromatic amines is 1. The van der Waals surface area contributed by atoms with Gasteiger partial charge in [-0.1, -0.05) is 12.2 Å². The molecule has 1 heterocycles. The second kappa shape index (κ2) is 6.39. The predicted octanol–water partition coefficient (Wildman–Crippen LogP) is 2.07. The van der Waals surface area contributed by atoms with Gasteiger partial charge >= 0.3 is 0 Å². The van der Waals surface area contributed by atoms with Crippen molar-refractivity contribution in [1.29, 1.82) is 0 Å². The molecule has 1 rings (SSSR count). The number of amides is 1. The molecule has 0 saturated heterocycles. The molecule has 0 aliphatic heterocycles. The zero-order valence-corrected chi connectivity index (χ0v) is 11.4. The summed E-state index contributed by atoms with van der Waals surface area (Å²) in [6.45, 7) is 3.40. The monoisotopic (exact) mass is 298 g/mol. The van der Waals surface area contributed by atoms with Crippen LogP contribution in [0.3, 0.4) is 0 Å². The Hall–Kier alpha value is -1.36. The van der Waals surface area contributed by atoms with Crippen LogP contribution in [0.1, 0.15) is 25.8 Å². The minimum absolute atomic E-state index is 0.0489. The van der Waals surface area contributed by atoms with Gasteiger partial charge in [0.05, 0.1) is 4.47 Å². The van der Waals surface area contributed by atoms with E-state index in [1.54, 1.807) is 18.5 Å². The normalized spacial score (nSPS) is 12.6. The fourth-order valence-electron chi connectivity index (χ4n) is 1.40. The van der Waals surface area contributed by atoms with E-state index in [-0.39, 0.29) is 17.4 Å². The summed E-state index contributed by atoms with van der Waals surface area (Å²) in [5.74, 6) is -0.0498. The van der Waals surface area contributed by atoms with E-state index in [4.69, 9.17) is 0 Å². The van der Waals surface area contributed by atoms with Crippen molar-refractivity contribution in [2.75, 3.05) is 0 Å². The van der Waals surface area contributed by atoms with Gasteiger partial charge in [-0.3, -0.25) is 9.59 Å². The number of halogens is 1. The molecule has 1 unspecified atom stereocenters. The van der Waals surface area contributed by atoms with Crippen molar-refractivity contribution in [1.82, 2.24) is 10.3 Å². The molecule has 1 aromatic heterocycles. The van der Waals surface area contributed by atoms with E-state index in [0.717, 1.165) is 0 Å². The molecule has 2 N–H and O–H groups in total. The van der Waals surface area contributed by atoms with Crippen LogP contribution in [0.4, 0.5) is 0 Å². The number of nitrogens with one attached hydrogen (secondary N) is 2. The smallest absolute Gasteiger partial charge is 0.217 e. The van der Waals surface area contributed by atoms with Crippen LogP contribution in [0.5, 0.6) is 0 Å². The second-order valence-corrected chi connectivity index (χ2v) is 4.68. The first-order chi connectivity index (χ1) is 8.00. The molecule has 0 radical (unpaired) electrons. The van der Waals surface area contributed by atoms with Crippen LogP contribution >= 0.6 is 15.9 Å². The minimum Gasteiger partial charge on any atom is -0.366 e. The second-order valence-electron chi connectivity index (χ2n) is 3.83. The zero-order chi connectivity index (χ0) is 12.8. The maximum atomic E-state index is 11.6. The Balaban J connectivity index is 2.63. The topological polar surface area (TPSA) is 62.0 Å². The lowest BCUT2D eigenvalue weighted by Gasteiger charge is -2.08. The van der Waals surface area contributed by atoms with Crippen molar-refractivity contribution in [2.45, 2.75) is 26.3 Å². The molecular weight excluding hydrogens is 284 g/mol. The highest BCUT2D eigenvalue weighted by Gasteiger charge is 2.01. The van der Waals surface area contributed by atoms with Crippen LogP contribution in [0.15, 0.2) is 27.7 Å². The Kier molecular flexibility index (Phi) is 5.15. The first-order valence-electron chi connectivity index (χ1n) is 5.31. The van der Waals surface area contributed by atoms with Crippen LogP contribution in [0, 0.1) is 0 Å². The first kappa shape index (κ1) is 13.7. The summed E-state index contributed by atoms with van der Waals surface area (Å²) in [4.78, 5) is 25.3. The number of H-pyrrole nitrogens is 1. The average Bonchev–Trinajstić information content (AvgIpc) is 2.23. The predicted molar refractivity (Wildman–Crippen MR) is 71.7 cm³/mol. The van der Waals surface area contributed by atoms with E-state index in [2.05, 4.69) is 26.2 Å². The number of hydrogen-bond acceptors (Lipinski definition) is 2.